The first-order valence-corrected chi connectivity index (χ1v) is 7.06. The Labute approximate surface area is 102 Å². The molecule has 2 heteroatoms. The second-order valence-corrected chi connectivity index (χ2v) is 5.86. The Kier molecular flexibility index (Phi) is 5.77. The molecule has 0 amide bonds. The average molecular weight is 226 g/mol. The maximum atomic E-state index is 3.67. The lowest BCUT2D eigenvalue weighted by Gasteiger charge is -2.35. The molecule has 1 unspecified atom stereocenters. The van der Waals surface area contributed by atoms with Gasteiger partial charge in [0.25, 0.3) is 0 Å². The summed E-state index contributed by atoms with van der Waals surface area (Å²) < 4.78 is 0. The van der Waals surface area contributed by atoms with E-state index >= 15 is 0 Å². The van der Waals surface area contributed by atoms with Crippen LogP contribution in [0.25, 0.3) is 0 Å². The number of nitrogens with zero attached hydrogens (tertiary/aromatic N) is 1. The summed E-state index contributed by atoms with van der Waals surface area (Å²) in [6.07, 6.45) is 6.72. The molecule has 0 saturated carbocycles. The van der Waals surface area contributed by atoms with E-state index in [4.69, 9.17) is 0 Å². The van der Waals surface area contributed by atoms with E-state index in [1.165, 1.54) is 51.7 Å². The van der Waals surface area contributed by atoms with Crippen LogP contribution in [0.3, 0.4) is 0 Å². The molecule has 1 rings (SSSR count). The Morgan fingerprint density at radius 3 is 2.56 bits per heavy atom. The molecule has 1 aliphatic heterocycles. The zero-order chi connectivity index (χ0) is 12.0. The normalized spacial score (nSPS) is 25.9. The summed E-state index contributed by atoms with van der Waals surface area (Å²) in [4.78, 5) is 2.65. The molecule has 1 heterocycles. The van der Waals surface area contributed by atoms with Crippen LogP contribution in [0, 0.1) is 0 Å². The topological polar surface area (TPSA) is 15.3 Å². The third kappa shape index (κ3) is 4.42. The predicted octanol–water partition coefficient (Wildman–Crippen LogP) is 3.03. The van der Waals surface area contributed by atoms with Crippen LogP contribution in [0.2, 0.25) is 0 Å². The molecule has 0 aromatic carbocycles. The highest BCUT2D eigenvalue weighted by Gasteiger charge is 2.30. The van der Waals surface area contributed by atoms with Crippen LogP contribution in [0.15, 0.2) is 0 Å². The van der Waals surface area contributed by atoms with Crippen molar-refractivity contribution >= 4 is 0 Å². The van der Waals surface area contributed by atoms with Crippen LogP contribution in [0.4, 0.5) is 0 Å². The molecular formula is C14H30N2. The van der Waals surface area contributed by atoms with Gasteiger partial charge in [0, 0.05) is 18.1 Å². The van der Waals surface area contributed by atoms with Gasteiger partial charge in [0.05, 0.1) is 0 Å². The van der Waals surface area contributed by atoms with E-state index in [0.717, 1.165) is 0 Å². The van der Waals surface area contributed by atoms with Gasteiger partial charge in [-0.25, -0.2) is 0 Å². The fourth-order valence-corrected chi connectivity index (χ4v) is 2.63. The molecule has 1 atom stereocenters. The Balaban J connectivity index is 2.37. The molecule has 0 aromatic heterocycles. The van der Waals surface area contributed by atoms with Gasteiger partial charge in [-0.2, -0.15) is 0 Å². The predicted molar refractivity (Wildman–Crippen MR) is 71.9 cm³/mol. The van der Waals surface area contributed by atoms with Crippen molar-refractivity contribution in [3.8, 4) is 0 Å². The molecule has 0 spiro atoms. The van der Waals surface area contributed by atoms with Crippen molar-refractivity contribution in [1.29, 1.82) is 0 Å². The van der Waals surface area contributed by atoms with Crippen molar-refractivity contribution in [2.24, 2.45) is 0 Å². The third-order valence-electron chi connectivity index (χ3n) is 3.79. The monoisotopic (exact) mass is 226 g/mol. The molecule has 1 aliphatic rings. The molecule has 0 bridgehead atoms. The van der Waals surface area contributed by atoms with Gasteiger partial charge in [-0.15, -0.1) is 0 Å². The van der Waals surface area contributed by atoms with E-state index in [1.54, 1.807) is 0 Å². The zero-order valence-electron chi connectivity index (χ0n) is 11.7. The summed E-state index contributed by atoms with van der Waals surface area (Å²) in [6, 6.07) is 0.677. The first kappa shape index (κ1) is 14.0. The molecule has 2 nitrogen and oxygen atoms in total. The van der Waals surface area contributed by atoms with Crippen LogP contribution in [-0.4, -0.2) is 36.1 Å². The number of hydrogen-bond acceptors (Lipinski definition) is 2. The van der Waals surface area contributed by atoms with Gasteiger partial charge in [0.2, 0.25) is 0 Å². The third-order valence-corrected chi connectivity index (χ3v) is 3.79. The second-order valence-electron chi connectivity index (χ2n) is 5.86. The smallest absolute Gasteiger partial charge is 0.0281 e. The summed E-state index contributed by atoms with van der Waals surface area (Å²) in [5.74, 6) is 0. The van der Waals surface area contributed by atoms with Crippen LogP contribution < -0.4 is 5.32 Å². The highest BCUT2D eigenvalue weighted by atomic mass is 15.2. The molecule has 0 radical (unpaired) electrons. The minimum atomic E-state index is 0.372. The summed E-state index contributed by atoms with van der Waals surface area (Å²) in [7, 11) is 0. The van der Waals surface area contributed by atoms with E-state index < -0.39 is 0 Å². The highest BCUT2D eigenvalue weighted by molar-refractivity contribution is 4.92. The lowest BCUT2D eigenvalue weighted by atomic mass is 9.98. The average Bonchev–Trinajstić information content (AvgIpc) is 2.64. The van der Waals surface area contributed by atoms with Crippen molar-refractivity contribution in [3.05, 3.63) is 0 Å². The van der Waals surface area contributed by atoms with Crippen LogP contribution in [-0.2, 0) is 0 Å². The summed E-state index contributed by atoms with van der Waals surface area (Å²) >= 11 is 0. The SMILES string of the molecule is CCCCCN(CC1(C)CCCN1)C(C)C. The van der Waals surface area contributed by atoms with E-state index in [0.29, 0.717) is 11.6 Å². The maximum Gasteiger partial charge on any atom is 0.0281 e. The summed E-state index contributed by atoms with van der Waals surface area (Å²) in [5, 5.41) is 3.67. The molecule has 1 saturated heterocycles. The van der Waals surface area contributed by atoms with Crippen molar-refractivity contribution < 1.29 is 0 Å². The highest BCUT2D eigenvalue weighted by Crippen LogP contribution is 2.21. The van der Waals surface area contributed by atoms with E-state index in [1.807, 2.05) is 0 Å². The van der Waals surface area contributed by atoms with Gasteiger partial charge >= 0.3 is 0 Å². The Morgan fingerprint density at radius 1 is 1.31 bits per heavy atom. The van der Waals surface area contributed by atoms with Crippen molar-refractivity contribution in [1.82, 2.24) is 10.2 Å². The molecule has 16 heavy (non-hydrogen) atoms. The minimum Gasteiger partial charge on any atom is -0.310 e. The standard InChI is InChI=1S/C14H30N2/c1-5-6-7-11-16(13(2)3)12-14(4)9-8-10-15-14/h13,15H,5-12H2,1-4H3. The van der Waals surface area contributed by atoms with Gasteiger partial charge in [0.1, 0.15) is 0 Å². The Morgan fingerprint density at radius 2 is 2.06 bits per heavy atom. The lowest BCUT2D eigenvalue weighted by molar-refractivity contribution is 0.163. The molecular weight excluding hydrogens is 196 g/mol. The van der Waals surface area contributed by atoms with Crippen LogP contribution in [0.1, 0.15) is 59.8 Å². The quantitative estimate of drug-likeness (QED) is 0.671. The van der Waals surface area contributed by atoms with Crippen LogP contribution in [0.5, 0.6) is 0 Å². The number of hydrogen-bond donors (Lipinski definition) is 1. The second kappa shape index (κ2) is 6.61. The van der Waals surface area contributed by atoms with Crippen molar-refractivity contribution in [2.45, 2.75) is 71.4 Å². The Bertz CT molecular complexity index is 183. The molecule has 0 aliphatic carbocycles. The fourth-order valence-electron chi connectivity index (χ4n) is 2.63. The first-order chi connectivity index (χ1) is 7.57. The van der Waals surface area contributed by atoms with E-state index in [2.05, 4.69) is 37.9 Å². The van der Waals surface area contributed by atoms with Gasteiger partial charge in [-0.05, 0) is 53.1 Å². The summed E-state index contributed by atoms with van der Waals surface area (Å²) in [5.41, 5.74) is 0.372. The first-order valence-electron chi connectivity index (χ1n) is 7.06. The van der Waals surface area contributed by atoms with Gasteiger partial charge < -0.3 is 5.32 Å². The fraction of sp³-hybridized carbons (Fsp3) is 1.00. The van der Waals surface area contributed by atoms with Gasteiger partial charge in [-0.1, -0.05) is 19.8 Å². The van der Waals surface area contributed by atoms with Crippen LogP contribution >= 0.6 is 0 Å². The molecule has 96 valence electrons. The van der Waals surface area contributed by atoms with Gasteiger partial charge in [-0.3, -0.25) is 4.90 Å². The van der Waals surface area contributed by atoms with E-state index in [-0.39, 0.29) is 0 Å². The Hall–Kier alpha value is -0.0800. The minimum absolute atomic E-state index is 0.372. The molecule has 0 aromatic rings. The maximum absolute atomic E-state index is 3.67. The summed E-state index contributed by atoms with van der Waals surface area (Å²) in [6.45, 7) is 13.0. The number of unbranched alkanes of at least 4 members (excludes halogenated alkanes) is 2. The number of nitrogens with one attached hydrogen (secondary N) is 1. The largest absolute Gasteiger partial charge is 0.310 e. The van der Waals surface area contributed by atoms with Crippen molar-refractivity contribution in [3.63, 3.8) is 0 Å². The van der Waals surface area contributed by atoms with Crippen molar-refractivity contribution in [2.75, 3.05) is 19.6 Å². The molecule has 1 fully saturated rings. The van der Waals surface area contributed by atoms with Gasteiger partial charge in [0.15, 0.2) is 0 Å². The lowest BCUT2D eigenvalue weighted by Crippen LogP contribution is -2.49. The number of rotatable bonds is 7. The zero-order valence-corrected chi connectivity index (χ0v) is 11.7. The molecule has 1 N–H and O–H groups in total. The van der Waals surface area contributed by atoms with E-state index in [9.17, 15) is 0 Å².